The lowest BCUT2D eigenvalue weighted by Gasteiger charge is -2.39. The molecule has 5 rings (SSSR count). The van der Waals surface area contributed by atoms with Crippen molar-refractivity contribution < 1.29 is 27.9 Å². The number of nitrogens with one attached hydrogen (secondary N) is 1. The summed E-state index contributed by atoms with van der Waals surface area (Å²) >= 11 is 0. The van der Waals surface area contributed by atoms with Gasteiger partial charge in [-0.05, 0) is 51.2 Å². The van der Waals surface area contributed by atoms with Gasteiger partial charge in [0.2, 0.25) is 5.91 Å². The predicted octanol–water partition coefficient (Wildman–Crippen LogP) is 3.52. The first kappa shape index (κ1) is 27.5. The molecule has 1 aromatic carbocycles. The summed E-state index contributed by atoms with van der Waals surface area (Å²) in [5.41, 5.74) is 1.08. The van der Waals surface area contributed by atoms with Crippen molar-refractivity contribution in [1.82, 2.24) is 25.1 Å². The first-order valence-electron chi connectivity index (χ1n) is 13.5. The second kappa shape index (κ2) is 10.8. The number of rotatable bonds is 6. The molecule has 2 aliphatic heterocycles. The van der Waals surface area contributed by atoms with E-state index in [9.17, 15) is 27.9 Å². The van der Waals surface area contributed by atoms with E-state index in [1.165, 1.54) is 13.0 Å². The van der Waals surface area contributed by atoms with Gasteiger partial charge in [-0.2, -0.15) is 13.2 Å². The van der Waals surface area contributed by atoms with Crippen molar-refractivity contribution in [2.75, 3.05) is 26.2 Å². The molecular weight excluding hydrogens is 511 g/mol. The molecule has 39 heavy (non-hydrogen) atoms. The van der Waals surface area contributed by atoms with Gasteiger partial charge in [-0.15, -0.1) is 0 Å². The molecule has 1 aromatic heterocycles. The number of nitrogens with zero attached hydrogens (tertiary/aromatic N) is 4. The standard InChI is InChI=1S/C28H34F3N5O3/c1-16-24(25(18-6-7-18)34-26(32-16)19-4-3-5-20(12-19)28(29,30)31)27(39)35-10-8-22(9-11-35)36-14-21(33-17(2)38)13-23(36)15-37/h3-5,12,18,21-23,37H,6-11,13-15H2,1-2H3,(H,33,38). The molecule has 11 heteroatoms. The summed E-state index contributed by atoms with van der Waals surface area (Å²) in [5.74, 6) is 0.0868. The summed E-state index contributed by atoms with van der Waals surface area (Å²) < 4.78 is 39.8. The van der Waals surface area contributed by atoms with E-state index in [4.69, 9.17) is 0 Å². The molecule has 8 nitrogen and oxygen atoms in total. The Bertz CT molecular complexity index is 1240. The lowest BCUT2D eigenvalue weighted by molar-refractivity contribution is -0.137. The molecule has 0 spiro atoms. The van der Waals surface area contributed by atoms with Crippen molar-refractivity contribution in [3.05, 3.63) is 46.8 Å². The number of aromatic nitrogens is 2. The molecular formula is C28H34F3N5O3. The van der Waals surface area contributed by atoms with Crippen molar-refractivity contribution in [3.63, 3.8) is 0 Å². The molecule has 1 saturated carbocycles. The Kier molecular flexibility index (Phi) is 7.65. The van der Waals surface area contributed by atoms with E-state index < -0.39 is 11.7 Å². The van der Waals surface area contributed by atoms with E-state index in [0.717, 1.165) is 37.8 Å². The Balaban J connectivity index is 1.32. The van der Waals surface area contributed by atoms with Gasteiger partial charge in [0.1, 0.15) is 0 Å². The number of likely N-dealkylation sites (tertiary alicyclic amines) is 2. The van der Waals surface area contributed by atoms with Crippen LogP contribution in [0.4, 0.5) is 13.2 Å². The van der Waals surface area contributed by atoms with Crippen molar-refractivity contribution in [1.29, 1.82) is 0 Å². The Morgan fingerprint density at radius 1 is 1.13 bits per heavy atom. The molecule has 1 aliphatic carbocycles. The van der Waals surface area contributed by atoms with Crippen LogP contribution in [0.25, 0.3) is 11.4 Å². The van der Waals surface area contributed by atoms with E-state index in [0.29, 0.717) is 43.0 Å². The summed E-state index contributed by atoms with van der Waals surface area (Å²) in [7, 11) is 0. The van der Waals surface area contributed by atoms with Gasteiger partial charge >= 0.3 is 6.18 Å². The number of carbonyl (C=O) groups is 2. The number of carbonyl (C=O) groups excluding carboxylic acids is 2. The topological polar surface area (TPSA) is 98.7 Å². The van der Waals surface area contributed by atoms with Crippen LogP contribution < -0.4 is 5.32 Å². The number of aryl methyl sites for hydroxylation is 1. The minimum Gasteiger partial charge on any atom is -0.395 e. The molecule has 2 N–H and O–H groups in total. The van der Waals surface area contributed by atoms with Crippen LogP contribution in [0.1, 0.15) is 72.3 Å². The third-order valence-electron chi connectivity index (χ3n) is 8.04. The van der Waals surface area contributed by atoms with Crippen LogP contribution in [0, 0.1) is 6.92 Å². The Labute approximate surface area is 225 Å². The van der Waals surface area contributed by atoms with Gasteiger partial charge in [-0.1, -0.05) is 12.1 Å². The molecule has 3 aliphatic rings. The Morgan fingerprint density at radius 3 is 2.46 bits per heavy atom. The van der Waals surface area contributed by atoms with E-state index >= 15 is 0 Å². The third kappa shape index (κ3) is 5.94. The molecule has 2 amide bonds. The number of alkyl halides is 3. The van der Waals surface area contributed by atoms with Crippen molar-refractivity contribution in [2.45, 2.75) is 76.2 Å². The first-order chi connectivity index (χ1) is 18.5. The summed E-state index contributed by atoms with van der Waals surface area (Å²) in [6.07, 6.45) is -0.508. The van der Waals surface area contributed by atoms with Crippen LogP contribution in [0.5, 0.6) is 0 Å². The van der Waals surface area contributed by atoms with Crippen LogP contribution in [0.15, 0.2) is 24.3 Å². The predicted molar refractivity (Wildman–Crippen MR) is 138 cm³/mol. The number of benzene rings is 1. The third-order valence-corrected chi connectivity index (χ3v) is 8.04. The Hall–Kier alpha value is -3.05. The van der Waals surface area contributed by atoms with Gasteiger partial charge in [0.15, 0.2) is 5.82 Å². The molecule has 3 heterocycles. The van der Waals surface area contributed by atoms with Crippen molar-refractivity contribution >= 4 is 11.8 Å². The van der Waals surface area contributed by atoms with E-state index in [1.807, 2.05) is 4.90 Å². The number of halogens is 3. The highest BCUT2D eigenvalue weighted by Gasteiger charge is 2.39. The normalized spacial score (nSPS) is 22.8. The van der Waals surface area contributed by atoms with Gasteiger partial charge in [0.25, 0.3) is 5.91 Å². The SMILES string of the molecule is CC(=O)NC1CC(CO)N(C2CCN(C(=O)c3c(C)nc(-c4cccc(C(F)(F)F)c4)nc3C3CC3)CC2)C1. The minimum absolute atomic E-state index is 0.00977. The average Bonchev–Trinajstić information content (AvgIpc) is 3.67. The van der Waals surface area contributed by atoms with Crippen LogP contribution in [-0.4, -0.2) is 81.1 Å². The van der Waals surface area contributed by atoms with Crippen molar-refractivity contribution in [2.24, 2.45) is 0 Å². The first-order valence-corrected chi connectivity index (χ1v) is 13.5. The highest BCUT2D eigenvalue weighted by molar-refractivity contribution is 5.97. The zero-order valence-electron chi connectivity index (χ0n) is 22.2. The lowest BCUT2D eigenvalue weighted by atomic mass is 9.99. The molecule has 2 aromatic rings. The lowest BCUT2D eigenvalue weighted by Crippen LogP contribution is -2.49. The molecule has 0 radical (unpaired) electrons. The highest BCUT2D eigenvalue weighted by Crippen LogP contribution is 2.42. The van der Waals surface area contributed by atoms with Gasteiger partial charge in [0, 0.05) is 56.2 Å². The quantitative estimate of drug-likeness (QED) is 0.577. The number of aliphatic hydroxyl groups excluding tert-OH is 1. The fourth-order valence-electron chi connectivity index (χ4n) is 5.99. The van der Waals surface area contributed by atoms with Gasteiger partial charge in [-0.3, -0.25) is 14.5 Å². The maximum atomic E-state index is 13.7. The number of hydrogen-bond donors (Lipinski definition) is 2. The Morgan fingerprint density at radius 2 is 1.85 bits per heavy atom. The van der Waals surface area contributed by atoms with E-state index in [-0.39, 0.29) is 53.9 Å². The zero-order chi connectivity index (χ0) is 27.9. The summed E-state index contributed by atoms with van der Waals surface area (Å²) in [6.45, 7) is 5.01. The van der Waals surface area contributed by atoms with Crippen molar-refractivity contribution in [3.8, 4) is 11.4 Å². The number of hydrogen-bond acceptors (Lipinski definition) is 6. The second-order valence-corrected chi connectivity index (χ2v) is 10.9. The van der Waals surface area contributed by atoms with Gasteiger partial charge < -0.3 is 15.3 Å². The molecule has 0 bridgehead atoms. The molecule has 2 unspecified atom stereocenters. The average molecular weight is 546 g/mol. The zero-order valence-corrected chi connectivity index (χ0v) is 22.2. The fourth-order valence-corrected chi connectivity index (χ4v) is 5.99. The highest BCUT2D eigenvalue weighted by atomic mass is 19.4. The van der Waals surface area contributed by atoms with Gasteiger partial charge in [0.05, 0.1) is 29.1 Å². The van der Waals surface area contributed by atoms with Crippen LogP contribution in [-0.2, 0) is 11.0 Å². The molecule has 2 saturated heterocycles. The second-order valence-electron chi connectivity index (χ2n) is 10.9. The maximum absolute atomic E-state index is 13.7. The van der Waals surface area contributed by atoms with Crippen LogP contribution in [0.2, 0.25) is 0 Å². The van der Waals surface area contributed by atoms with Gasteiger partial charge in [-0.25, -0.2) is 9.97 Å². The summed E-state index contributed by atoms with van der Waals surface area (Å²) in [4.78, 5) is 38.4. The number of piperidine rings is 1. The van der Waals surface area contributed by atoms with Crippen LogP contribution >= 0.6 is 0 Å². The monoisotopic (exact) mass is 545 g/mol. The fraction of sp³-hybridized carbons (Fsp3) is 0.571. The minimum atomic E-state index is -4.47. The largest absolute Gasteiger partial charge is 0.416 e. The number of aliphatic hydroxyl groups is 1. The smallest absolute Gasteiger partial charge is 0.395 e. The molecule has 210 valence electrons. The summed E-state index contributed by atoms with van der Waals surface area (Å²) in [6, 6.07) is 5.16. The van der Waals surface area contributed by atoms with E-state index in [1.54, 1.807) is 13.0 Å². The van der Waals surface area contributed by atoms with E-state index in [2.05, 4.69) is 20.2 Å². The summed E-state index contributed by atoms with van der Waals surface area (Å²) in [5, 5.41) is 12.9. The molecule has 3 fully saturated rings. The molecule has 2 atom stereocenters. The number of amides is 2. The maximum Gasteiger partial charge on any atom is 0.416 e. The van der Waals surface area contributed by atoms with Crippen LogP contribution in [0.3, 0.4) is 0 Å².